The van der Waals surface area contributed by atoms with E-state index in [1.165, 1.54) is 6.26 Å². The van der Waals surface area contributed by atoms with Gasteiger partial charge < -0.3 is 5.32 Å². The minimum absolute atomic E-state index is 0.106. The molecule has 0 saturated heterocycles. The van der Waals surface area contributed by atoms with Crippen LogP contribution in [0, 0.1) is 0 Å². The lowest BCUT2D eigenvalue weighted by Crippen LogP contribution is -2.19. The number of hydrogen-bond donors (Lipinski definition) is 1. The van der Waals surface area contributed by atoms with E-state index < -0.39 is 9.84 Å². The zero-order valence-corrected chi connectivity index (χ0v) is 13.6. The summed E-state index contributed by atoms with van der Waals surface area (Å²) < 4.78 is 23.7. The normalized spacial score (nSPS) is 13.1. The highest BCUT2D eigenvalue weighted by Crippen LogP contribution is 2.24. The van der Waals surface area contributed by atoms with E-state index in [2.05, 4.69) is 5.32 Å². The van der Waals surface area contributed by atoms with Gasteiger partial charge in [-0.2, -0.15) is 0 Å². The lowest BCUT2D eigenvalue weighted by molar-refractivity contribution is 0.566. The Balaban J connectivity index is 2.21. The van der Waals surface area contributed by atoms with E-state index in [1.807, 2.05) is 37.3 Å². The summed E-state index contributed by atoms with van der Waals surface area (Å²) in [6.07, 6.45) is 1.20. The van der Waals surface area contributed by atoms with Gasteiger partial charge in [-0.05, 0) is 24.6 Å². The summed E-state index contributed by atoms with van der Waals surface area (Å²) in [5.41, 5.74) is 1.76. The molecule has 0 aliphatic carbocycles. The molecule has 0 aliphatic rings. The van der Waals surface area contributed by atoms with Crippen LogP contribution in [0.1, 0.15) is 24.1 Å². The molecule has 0 saturated carbocycles. The summed E-state index contributed by atoms with van der Waals surface area (Å²) in [6.45, 7) is 2.43. The Kier molecular flexibility index (Phi) is 5.04. The summed E-state index contributed by atoms with van der Waals surface area (Å²) in [6, 6.07) is 15.0. The van der Waals surface area contributed by atoms with Gasteiger partial charge in [-0.3, -0.25) is 0 Å². The number of rotatable bonds is 5. The number of nitrogens with one attached hydrogen (secondary N) is 1. The summed E-state index contributed by atoms with van der Waals surface area (Å²) in [5, 5.41) is 3.78. The molecule has 0 spiro atoms. The molecule has 112 valence electrons. The maximum atomic E-state index is 11.8. The number of hydrogen-bond acceptors (Lipinski definition) is 3. The molecule has 0 bridgehead atoms. The Morgan fingerprint density at radius 3 is 2.38 bits per heavy atom. The Morgan fingerprint density at radius 1 is 1.10 bits per heavy atom. The Hall–Kier alpha value is -1.36. The predicted molar refractivity (Wildman–Crippen MR) is 86.3 cm³/mol. The van der Waals surface area contributed by atoms with Crippen molar-refractivity contribution in [1.82, 2.24) is 5.32 Å². The number of halogens is 1. The third-order valence-corrected chi connectivity index (χ3v) is 4.90. The molecule has 0 radical (unpaired) electrons. The van der Waals surface area contributed by atoms with E-state index in [4.69, 9.17) is 11.6 Å². The number of benzene rings is 2. The average molecular weight is 324 g/mol. The van der Waals surface area contributed by atoms with Crippen molar-refractivity contribution >= 4 is 21.4 Å². The standard InChI is InChI=1S/C16H18ClNO2S/c1-12(13-7-4-3-5-8-13)18-11-14-15(17)9-6-10-16(14)21(2,19)20/h3-10,12,18H,11H2,1-2H3. The molecular formula is C16H18ClNO2S. The van der Waals surface area contributed by atoms with Gasteiger partial charge >= 0.3 is 0 Å². The molecule has 1 N–H and O–H groups in total. The Morgan fingerprint density at radius 2 is 1.76 bits per heavy atom. The summed E-state index contributed by atoms with van der Waals surface area (Å²) in [5.74, 6) is 0. The molecular weight excluding hydrogens is 306 g/mol. The van der Waals surface area contributed by atoms with Gasteiger partial charge in [0, 0.05) is 29.4 Å². The van der Waals surface area contributed by atoms with Crippen LogP contribution < -0.4 is 5.32 Å². The van der Waals surface area contributed by atoms with E-state index >= 15 is 0 Å². The van der Waals surface area contributed by atoms with Crippen LogP contribution in [0.4, 0.5) is 0 Å². The van der Waals surface area contributed by atoms with Crippen molar-refractivity contribution in [3.05, 3.63) is 64.7 Å². The first-order valence-corrected chi connectivity index (χ1v) is 8.92. The maximum Gasteiger partial charge on any atom is 0.175 e. The Labute approximate surface area is 130 Å². The minimum Gasteiger partial charge on any atom is -0.306 e. The molecule has 2 aromatic carbocycles. The van der Waals surface area contributed by atoms with Gasteiger partial charge in [0.05, 0.1) is 4.90 Å². The Bertz CT molecular complexity index is 714. The fraction of sp³-hybridized carbons (Fsp3) is 0.250. The monoisotopic (exact) mass is 323 g/mol. The van der Waals surface area contributed by atoms with Gasteiger partial charge in [0.15, 0.2) is 9.84 Å². The smallest absolute Gasteiger partial charge is 0.175 e. The zero-order chi connectivity index (χ0) is 15.5. The van der Waals surface area contributed by atoms with E-state index in [-0.39, 0.29) is 10.9 Å². The summed E-state index contributed by atoms with van der Waals surface area (Å²) in [4.78, 5) is 0.280. The van der Waals surface area contributed by atoms with Crippen LogP contribution >= 0.6 is 11.6 Å². The lowest BCUT2D eigenvalue weighted by atomic mass is 10.1. The van der Waals surface area contributed by atoms with Crippen LogP contribution in [0.2, 0.25) is 5.02 Å². The van der Waals surface area contributed by atoms with Crippen LogP contribution in [0.25, 0.3) is 0 Å². The summed E-state index contributed by atoms with van der Waals surface area (Å²) >= 11 is 6.16. The molecule has 0 amide bonds. The fourth-order valence-corrected chi connectivity index (χ4v) is 3.43. The van der Waals surface area contributed by atoms with Gasteiger partial charge in [-0.1, -0.05) is 48.0 Å². The molecule has 21 heavy (non-hydrogen) atoms. The zero-order valence-electron chi connectivity index (χ0n) is 12.0. The topological polar surface area (TPSA) is 46.2 Å². The van der Waals surface area contributed by atoms with Crippen molar-refractivity contribution in [3.8, 4) is 0 Å². The molecule has 0 heterocycles. The molecule has 0 aliphatic heterocycles. The van der Waals surface area contributed by atoms with Gasteiger partial charge in [0.1, 0.15) is 0 Å². The first-order chi connectivity index (χ1) is 9.89. The quantitative estimate of drug-likeness (QED) is 0.914. The third-order valence-electron chi connectivity index (χ3n) is 3.36. The second-order valence-corrected chi connectivity index (χ2v) is 7.39. The highest BCUT2D eigenvalue weighted by molar-refractivity contribution is 7.90. The van der Waals surface area contributed by atoms with E-state index in [0.29, 0.717) is 17.1 Å². The predicted octanol–water partition coefficient (Wildman–Crippen LogP) is 3.59. The first kappa shape index (κ1) is 16.0. The average Bonchev–Trinajstić information content (AvgIpc) is 2.45. The van der Waals surface area contributed by atoms with Crippen molar-refractivity contribution < 1.29 is 8.42 Å². The van der Waals surface area contributed by atoms with Crippen LogP contribution in [-0.4, -0.2) is 14.7 Å². The van der Waals surface area contributed by atoms with Crippen LogP contribution in [0.5, 0.6) is 0 Å². The molecule has 2 rings (SSSR count). The van der Waals surface area contributed by atoms with Crippen molar-refractivity contribution in [3.63, 3.8) is 0 Å². The van der Waals surface area contributed by atoms with Gasteiger partial charge in [0.2, 0.25) is 0 Å². The van der Waals surface area contributed by atoms with Crippen LogP contribution in [0.3, 0.4) is 0 Å². The van der Waals surface area contributed by atoms with Gasteiger partial charge in [-0.25, -0.2) is 8.42 Å². The molecule has 5 heteroatoms. The second-order valence-electron chi connectivity index (χ2n) is 5.00. The number of sulfone groups is 1. The van der Waals surface area contributed by atoms with E-state index in [0.717, 1.165) is 5.56 Å². The van der Waals surface area contributed by atoms with Crippen molar-refractivity contribution in [2.45, 2.75) is 24.4 Å². The molecule has 0 aromatic heterocycles. The van der Waals surface area contributed by atoms with Crippen molar-refractivity contribution in [2.75, 3.05) is 6.26 Å². The molecule has 3 nitrogen and oxygen atoms in total. The molecule has 2 aromatic rings. The van der Waals surface area contributed by atoms with Crippen molar-refractivity contribution in [2.24, 2.45) is 0 Å². The lowest BCUT2D eigenvalue weighted by Gasteiger charge is -2.16. The summed E-state index contributed by atoms with van der Waals surface area (Å²) in [7, 11) is -3.29. The molecule has 0 fully saturated rings. The third kappa shape index (κ3) is 4.06. The largest absolute Gasteiger partial charge is 0.306 e. The van der Waals surface area contributed by atoms with Crippen LogP contribution in [0.15, 0.2) is 53.4 Å². The first-order valence-electron chi connectivity index (χ1n) is 6.65. The van der Waals surface area contributed by atoms with Gasteiger partial charge in [0.25, 0.3) is 0 Å². The van der Waals surface area contributed by atoms with E-state index in [1.54, 1.807) is 18.2 Å². The highest BCUT2D eigenvalue weighted by Gasteiger charge is 2.16. The SMILES string of the molecule is CC(NCc1c(Cl)cccc1S(C)(=O)=O)c1ccccc1. The fourth-order valence-electron chi connectivity index (χ4n) is 2.17. The molecule has 1 atom stereocenters. The highest BCUT2D eigenvalue weighted by atomic mass is 35.5. The van der Waals surface area contributed by atoms with Gasteiger partial charge in [-0.15, -0.1) is 0 Å². The van der Waals surface area contributed by atoms with E-state index in [9.17, 15) is 8.42 Å². The molecule has 1 unspecified atom stereocenters. The van der Waals surface area contributed by atoms with Crippen LogP contribution in [-0.2, 0) is 16.4 Å². The van der Waals surface area contributed by atoms with Crippen molar-refractivity contribution in [1.29, 1.82) is 0 Å². The maximum absolute atomic E-state index is 11.8. The second kappa shape index (κ2) is 6.60. The minimum atomic E-state index is -3.29.